The SMILES string of the molecule is C[C@@H]1CN(S(=O)(=O)c2cc(C(=O)N3CC[C@@H](C)Sc4ccccc43)ccc2Cl)C[C@H](C)O1. The molecule has 2 aliphatic heterocycles. The molecule has 1 amide bonds. The summed E-state index contributed by atoms with van der Waals surface area (Å²) in [4.78, 5) is 16.3. The maximum absolute atomic E-state index is 13.5. The lowest BCUT2D eigenvalue weighted by atomic mass is 10.1. The quantitative estimate of drug-likeness (QED) is 0.620. The first kappa shape index (κ1) is 23.6. The minimum Gasteiger partial charge on any atom is -0.373 e. The number of para-hydroxylation sites is 1. The molecule has 0 spiro atoms. The van der Waals surface area contributed by atoms with Crippen LogP contribution in [0.1, 0.15) is 37.6 Å². The van der Waals surface area contributed by atoms with Crippen LogP contribution in [0.15, 0.2) is 52.3 Å². The van der Waals surface area contributed by atoms with Crippen LogP contribution in [-0.2, 0) is 14.8 Å². The highest BCUT2D eigenvalue weighted by molar-refractivity contribution is 8.00. The van der Waals surface area contributed by atoms with Crippen LogP contribution in [0.3, 0.4) is 0 Å². The number of anilines is 1. The highest BCUT2D eigenvalue weighted by atomic mass is 35.5. The summed E-state index contributed by atoms with van der Waals surface area (Å²) >= 11 is 8.07. The van der Waals surface area contributed by atoms with Crippen molar-refractivity contribution in [1.82, 2.24) is 4.31 Å². The molecule has 2 heterocycles. The summed E-state index contributed by atoms with van der Waals surface area (Å²) in [7, 11) is -3.88. The second kappa shape index (κ2) is 9.35. The van der Waals surface area contributed by atoms with Gasteiger partial charge in [-0.1, -0.05) is 30.7 Å². The standard InChI is InChI=1S/C23H27ClN2O4S2/c1-15-13-25(14-16(2)30-15)32(28,29)22-12-18(8-9-19(22)24)23(27)26-11-10-17(3)31-21-7-5-4-6-20(21)26/h4-9,12,15-17H,10-11,13-14H2,1-3H3/t15-,16+,17-/m1/s1. The van der Waals surface area contributed by atoms with Gasteiger partial charge >= 0.3 is 0 Å². The van der Waals surface area contributed by atoms with Crippen LogP contribution < -0.4 is 4.90 Å². The Morgan fingerprint density at radius 1 is 1.09 bits per heavy atom. The number of fused-ring (bicyclic) bond motifs is 1. The molecule has 0 saturated carbocycles. The minimum absolute atomic E-state index is 0.0443. The van der Waals surface area contributed by atoms with Crippen molar-refractivity contribution in [3.63, 3.8) is 0 Å². The van der Waals surface area contributed by atoms with Crippen LogP contribution in [0.4, 0.5) is 5.69 Å². The molecule has 0 bridgehead atoms. The molecular weight excluding hydrogens is 468 g/mol. The summed E-state index contributed by atoms with van der Waals surface area (Å²) in [6.07, 6.45) is 0.406. The number of halogens is 1. The molecule has 6 nitrogen and oxygen atoms in total. The number of carbonyl (C=O) groups is 1. The fourth-order valence-corrected chi connectivity index (χ4v) is 7.36. The molecule has 1 saturated heterocycles. The van der Waals surface area contributed by atoms with Gasteiger partial charge in [0.2, 0.25) is 10.0 Å². The van der Waals surface area contributed by atoms with Crippen molar-refractivity contribution in [2.24, 2.45) is 0 Å². The summed E-state index contributed by atoms with van der Waals surface area (Å²) in [5.74, 6) is -0.232. The lowest BCUT2D eigenvalue weighted by Gasteiger charge is -2.34. The summed E-state index contributed by atoms with van der Waals surface area (Å²) < 4.78 is 33.9. The Bertz CT molecular complexity index is 1110. The van der Waals surface area contributed by atoms with Gasteiger partial charge in [0, 0.05) is 35.3 Å². The molecule has 2 aromatic carbocycles. The zero-order valence-electron chi connectivity index (χ0n) is 18.3. The summed E-state index contributed by atoms with van der Waals surface area (Å²) in [6.45, 7) is 6.89. The van der Waals surface area contributed by atoms with E-state index in [1.54, 1.807) is 22.7 Å². The Labute approximate surface area is 198 Å². The van der Waals surface area contributed by atoms with E-state index in [0.717, 1.165) is 17.0 Å². The first-order valence-electron chi connectivity index (χ1n) is 10.7. The van der Waals surface area contributed by atoms with Gasteiger partial charge in [-0.2, -0.15) is 4.31 Å². The summed E-state index contributed by atoms with van der Waals surface area (Å²) in [6, 6.07) is 12.3. The van der Waals surface area contributed by atoms with Crippen molar-refractivity contribution in [3.05, 3.63) is 53.1 Å². The van der Waals surface area contributed by atoms with E-state index in [2.05, 4.69) is 6.92 Å². The van der Waals surface area contributed by atoms with Gasteiger partial charge in [0.15, 0.2) is 0 Å². The van der Waals surface area contributed by atoms with Crippen LogP contribution in [-0.4, -0.2) is 55.7 Å². The predicted molar refractivity (Wildman–Crippen MR) is 128 cm³/mol. The highest BCUT2D eigenvalue weighted by Crippen LogP contribution is 2.38. The van der Waals surface area contributed by atoms with E-state index in [0.29, 0.717) is 17.4 Å². The van der Waals surface area contributed by atoms with Crippen LogP contribution in [0.2, 0.25) is 5.02 Å². The van der Waals surface area contributed by atoms with Crippen LogP contribution >= 0.6 is 23.4 Å². The van der Waals surface area contributed by atoms with Crippen molar-refractivity contribution in [2.75, 3.05) is 24.5 Å². The molecule has 0 unspecified atom stereocenters. The molecule has 9 heteroatoms. The van der Waals surface area contributed by atoms with E-state index in [1.165, 1.54) is 16.4 Å². The zero-order valence-corrected chi connectivity index (χ0v) is 20.7. The topological polar surface area (TPSA) is 66.9 Å². The van der Waals surface area contributed by atoms with Crippen molar-refractivity contribution in [1.29, 1.82) is 0 Å². The van der Waals surface area contributed by atoms with Gasteiger partial charge in [-0.3, -0.25) is 4.79 Å². The third-order valence-corrected chi connectivity index (χ3v) is 9.22. The van der Waals surface area contributed by atoms with Crippen molar-refractivity contribution < 1.29 is 17.9 Å². The number of rotatable bonds is 3. The van der Waals surface area contributed by atoms with E-state index >= 15 is 0 Å². The Morgan fingerprint density at radius 2 is 1.78 bits per heavy atom. The number of morpholine rings is 1. The molecule has 1 fully saturated rings. The number of benzene rings is 2. The lowest BCUT2D eigenvalue weighted by molar-refractivity contribution is -0.0440. The van der Waals surface area contributed by atoms with Gasteiger partial charge in [0.1, 0.15) is 4.90 Å². The maximum atomic E-state index is 13.5. The molecule has 0 N–H and O–H groups in total. The second-order valence-corrected chi connectivity index (χ2v) is 12.2. The third-order valence-electron chi connectivity index (χ3n) is 5.67. The fraction of sp³-hybridized carbons (Fsp3) is 0.435. The number of sulfonamides is 1. The number of hydrogen-bond donors (Lipinski definition) is 0. The van der Waals surface area contributed by atoms with Crippen molar-refractivity contribution in [3.8, 4) is 0 Å². The summed E-state index contributed by atoms with van der Waals surface area (Å²) in [5, 5.41) is 0.481. The first-order chi connectivity index (χ1) is 15.2. The molecule has 0 radical (unpaired) electrons. The van der Waals surface area contributed by atoms with Crippen LogP contribution in [0, 0.1) is 0 Å². The van der Waals surface area contributed by atoms with Crippen molar-refractivity contribution >= 4 is 45.0 Å². The fourth-order valence-electron chi connectivity index (χ4n) is 4.15. The highest BCUT2D eigenvalue weighted by Gasteiger charge is 2.34. The van der Waals surface area contributed by atoms with Crippen LogP contribution in [0.25, 0.3) is 0 Å². The normalized spacial score (nSPS) is 24.6. The van der Waals surface area contributed by atoms with E-state index in [9.17, 15) is 13.2 Å². The van der Waals surface area contributed by atoms with E-state index in [4.69, 9.17) is 16.3 Å². The second-order valence-electron chi connectivity index (χ2n) is 8.37. The lowest BCUT2D eigenvalue weighted by Crippen LogP contribution is -2.48. The predicted octanol–water partition coefficient (Wildman–Crippen LogP) is 4.67. The number of hydrogen-bond acceptors (Lipinski definition) is 5. The monoisotopic (exact) mass is 494 g/mol. The number of carbonyl (C=O) groups excluding carboxylic acids is 1. The Kier molecular flexibility index (Phi) is 6.89. The van der Waals surface area contributed by atoms with Gasteiger partial charge < -0.3 is 9.64 Å². The molecule has 2 aromatic rings. The Morgan fingerprint density at radius 3 is 2.50 bits per heavy atom. The average molecular weight is 495 g/mol. The summed E-state index contributed by atoms with van der Waals surface area (Å²) in [5.41, 5.74) is 1.15. The molecule has 3 atom stereocenters. The Hall–Kier alpha value is -1.58. The number of amides is 1. The molecular formula is C23H27ClN2O4S2. The third kappa shape index (κ3) is 4.70. The van der Waals surface area contributed by atoms with Gasteiger partial charge in [0.25, 0.3) is 5.91 Å². The minimum atomic E-state index is -3.88. The van der Waals surface area contributed by atoms with Gasteiger partial charge in [-0.25, -0.2) is 8.42 Å². The smallest absolute Gasteiger partial charge is 0.258 e. The Balaban J connectivity index is 1.69. The van der Waals surface area contributed by atoms with Crippen molar-refractivity contribution in [2.45, 2.75) is 54.4 Å². The van der Waals surface area contributed by atoms with E-state index in [1.807, 2.05) is 38.1 Å². The molecule has 172 valence electrons. The number of thioether (sulfide) groups is 1. The largest absolute Gasteiger partial charge is 0.373 e. The maximum Gasteiger partial charge on any atom is 0.258 e. The van der Waals surface area contributed by atoms with E-state index in [-0.39, 0.29) is 41.1 Å². The van der Waals surface area contributed by atoms with E-state index < -0.39 is 10.0 Å². The molecule has 2 aliphatic rings. The molecule has 0 aromatic heterocycles. The zero-order chi connectivity index (χ0) is 23.0. The first-order valence-corrected chi connectivity index (χ1v) is 13.4. The van der Waals surface area contributed by atoms with Crippen LogP contribution in [0.5, 0.6) is 0 Å². The van der Waals surface area contributed by atoms with Gasteiger partial charge in [0.05, 0.1) is 22.9 Å². The molecule has 32 heavy (non-hydrogen) atoms. The van der Waals surface area contributed by atoms with Gasteiger partial charge in [-0.15, -0.1) is 11.8 Å². The molecule has 4 rings (SSSR count). The average Bonchev–Trinajstić information content (AvgIpc) is 2.91. The number of ether oxygens (including phenoxy) is 1. The molecule has 0 aliphatic carbocycles. The van der Waals surface area contributed by atoms with Gasteiger partial charge in [-0.05, 0) is 50.6 Å². The number of nitrogens with zero attached hydrogens (tertiary/aromatic N) is 2.